The third-order valence-corrected chi connectivity index (χ3v) is 3.99. The normalized spacial score (nSPS) is 11.2. The SMILES string of the molecule is COc1ccc(NC(=O)c2nnn(-c3ccc(F)cc3)c2C(F)(F)F)cc1NC(C)=O. The summed E-state index contributed by atoms with van der Waals surface area (Å²) in [4.78, 5) is 23.9. The minimum absolute atomic E-state index is 0.0824. The van der Waals surface area contributed by atoms with E-state index < -0.39 is 35.2 Å². The van der Waals surface area contributed by atoms with Gasteiger partial charge in [0, 0.05) is 12.6 Å². The molecule has 1 aromatic heterocycles. The molecule has 0 unspecified atom stereocenters. The first-order chi connectivity index (χ1) is 14.6. The zero-order valence-corrected chi connectivity index (χ0v) is 16.1. The zero-order chi connectivity index (χ0) is 22.8. The molecule has 0 aliphatic rings. The van der Waals surface area contributed by atoms with Gasteiger partial charge >= 0.3 is 6.18 Å². The molecular weight excluding hydrogens is 422 g/mol. The minimum Gasteiger partial charge on any atom is -0.495 e. The Morgan fingerprint density at radius 2 is 1.74 bits per heavy atom. The monoisotopic (exact) mass is 437 g/mol. The van der Waals surface area contributed by atoms with Crippen LogP contribution in [0.4, 0.5) is 28.9 Å². The van der Waals surface area contributed by atoms with E-state index in [1.54, 1.807) is 0 Å². The van der Waals surface area contributed by atoms with E-state index in [1.807, 2.05) is 0 Å². The summed E-state index contributed by atoms with van der Waals surface area (Å²) in [6.45, 7) is 1.26. The summed E-state index contributed by atoms with van der Waals surface area (Å²) in [6, 6.07) is 8.17. The van der Waals surface area contributed by atoms with Crippen molar-refractivity contribution in [2.24, 2.45) is 0 Å². The van der Waals surface area contributed by atoms with E-state index in [9.17, 15) is 27.2 Å². The van der Waals surface area contributed by atoms with Gasteiger partial charge in [-0.1, -0.05) is 5.21 Å². The first-order valence-corrected chi connectivity index (χ1v) is 8.66. The van der Waals surface area contributed by atoms with Gasteiger partial charge in [0.1, 0.15) is 11.6 Å². The molecule has 162 valence electrons. The quantitative estimate of drug-likeness (QED) is 0.594. The van der Waals surface area contributed by atoms with Gasteiger partial charge in [-0.2, -0.15) is 13.2 Å². The number of ether oxygens (including phenoxy) is 1. The van der Waals surface area contributed by atoms with Crippen LogP contribution in [0.5, 0.6) is 5.75 Å². The van der Waals surface area contributed by atoms with Crippen LogP contribution >= 0.6 is 0 Å². The molecule has 0 atom stereocenters. The predicted octanol–water partition coefficient (Wildman–Crippen LogP) is 3.64. The number of hydrogen-bond acceptors (Lipinski definition) is 5. The average molecular weight is 437 g/mol. The minimum atomic E-state index is -4.98. The number of anilines is 2. The molecule has 3 rings (SSSR count). The second kappa shape index (κ2) is 8.42. The maximum absolute atomic E-state index is 13.7. The van der Waals surface area contributed by atoms with Crippen molar-refractivity contribution in [3.05, 3.63) is 59.7 Å². The van der Waals surface area contributed by atoms with Crippen molar-refractivity contribution in [2.45, 2.75) is 13.1 Å². The summed E-state index contributed by atoms with van der Waals surface area (Å²) in [5, 5.41) is 11.6. The smallest absolute Gasteiger partial charge is 0.435 e. The molecule has 0 spiro atoms. The third kappa shape index (κ3) is 4.79. The van der Waals surface area contributed by atoms with Crippen LogP contribution in [-0.2, 0) is 11.0 Å². The van der Waals surface area contributed by atoms with E-state index in [2.05, 4.69) is 20.9 Å². The average Bonchev–Trinajstić information content (AvgIpc) is 3.14. The molecule has 2 N–H and O–H groups in total. The van der Waals surface area contributed by atoms with Crippen LogP contribution in [-0.4, -0.2) is 33.9 Å². The van der Waals surface area contributed by atoms with Gasteiger partial charge in [0.15, 0.2) is 11.4 Å². The maximum Gasteiger partial charge on any atom is 0.435 e. The molecule has 8 nitrogen and oxygen atoms in total. The lowest BCUT2D eigenvalue weighted by Gasteiger charge is -2.13. The molecular formula is C19H15F4N5O3. The number of halogens is 4. The van der Waals surface area contributed by atoms with Crippen molar-refractivity contribution < 1.29 is 31.9 Å². The molecule has 0 aliphatic carbocycles. The first kappa shape index (κ1) is 21.7. The Labute approximate surface area is 172 Å². The second-order valence-corrected chi connectivity index (χ2v) is 6.22. The Balaban J connectivity index is 1.97. The predicted molar refractivity (Wildman–Crippen MR) is 102 cm³/mol. The Hall–Kier alpha value is -3.96. The van der Waals surface area contributed by atoms with E-state index in [4.69, 9.17) is 4.74 Å². The summed E-state index contributed by atoms with van der Waals surface area (Å²) >= 11 is 0. The van der Waals surface area contributed by atoms with Crippen LogP contribution in [0.25, 0.3) is 5.69 Å². The number of carbonyl (C=O) groups excluding carboxylic acids is 2. The molecule has 31 heavy (non-hydrogen) atoms. The molecule has 1 heterocycles. The lowest BCUT2D eigenvalue weighted by molar-refractivity contribution is -0.143. The van der Waals surface area contributed by atoms with E-state index in [0.29, 0.717) is 4.68 Å². The zero-order valence-electron chi connectivity index (χ0n) is 16.1. The number of aromatic nitrogens is 3. The largest absolute Gasteiger partial charge is 0.495 e. The van der Waals surface area contributed by atoms with Gasteiger partial charge in [0.05, 0.1) is 18.5 Å². The van der Waals surface area contributed by atoms with Crippen molar-refractivity contribution >= 4 is 23.2 Å². The van der Waals surface area contributed by atoms with Gasteiger partial charge in [-0.05, 0) is 42.5 Å². The molecule has 12 heteroatoms. The molecule has 0 radical (unpaired) electrons. The van der Waals surface area contributed by atoms with Crippen LogP contribution < -0.4 is 15.4 Å². The maximum atomic E-state index is 13.7. The highest BCUT2D eigenvalue weighted by Gasteiger charge is 2.42. The third-order valence-electron chi connectivity index (χ3n) is 3.99. The fraction of sp³-hybridized carbons (Fsp3) is 0.158. The highest BCUT2D eigenvalue weighted by molar-refractivity contribution is 6.04. The second-order valence-electron chi connectivity index (χ2n) is 6.22. The van der Waals surface area contributed by atoms with Crippen LogP contribution in [0, 0.1) is 5.82 Å². The molecule has 3 aromatic rings. The number of nitrogens with one attached hydrogen (secondary N) is 2. The molecule has 2 amide bonds. The summed E-state index contributed by atoms with van der Waals surface area (Å²) in [7, 11) is 1.36. The topological polar surface area (TPSA) is 98.1 Å². The number of amides is 2. The fourth-order valence-corrected chi connectivity index (χ4v) is 2.72. The Bertz CT molecular complexity index is 1130. The Kier molecular flexibility index (Phi) is 5.90. The number of rotatable bonds is 5. The van der Waals surface area contributed by atoms with Gasteiger partial charge in [0.2, 0.25) is 5.91 Å². The number of nitrogens with zero attached hydrogens (tertiary/aromatic N) is 3. The van der Waals surface area contributed by atoms with E-state index in [1.165, 1.54) is 32.2 Å². The van der Waals surface area contributed by atoms with Crippen molar-refractivity contribution in [1.29, 1.82) is 0 Å². The number of carbonyl (C=O) groups is 2. The number of benzene rings is 2. The van der Waals surface area contributed by atoms with Crippen molar-refractivity contribution in [3.63, 3.8) is 0 Å². The summed E-state index contributed by atoms with van der Waals surface area (Å²) in [5.41, 5.74) is -2.24. The van der Waals surface area contributed by atoms with Crippen LogP contribution in [0.3, 0.4) is 0 Å². The van der Waals surface area contributed by atoms with Crippen LogP contribution in [0.1, 0.15) is 23.1 Å². The highest BCUT2D eigenvalue weighted by atomic mass is 19.4. The van der Waals surface area contributed by atoms with Gasteiger partial charge < -0.3 is 15.4 Å². The van der Waals surface area contributed by atoms with Gasteiger partial charge in [-0.15, -0.1) is 5.10 Å². The number of alkyl halides is 3. The van der Waals surface area contributed by atoms with Crippen molar-refractivity contribution in [3.8, 4) is 11.4 Å². The summed E-state index contributed by atoms with van der Waals surface area (Å²) < 4.78 is 59.7. The Morgan fingerprint density at radius 3 is 2.32 bits per heavy atom. The highest BCUT2D eigenvalue weighted by Crippen LogP contribution is 2.33. The number of hydrogen-bond donors (Lipinski definition) is 2. The van der Waals surface area contributed by atoms with E-state index in [0.717, 1.165) is 24.3 Å². The van der Waals surface area contributed by atoms with Crippen molar-refractivity contribution in [1.82, 2.24) is 15.0 Å². The lowest BCUT2D eigenvalue weighted by Crippen LogP contribution is -2.21. The molecule has 0 saturated heterocycles. The van der Waals surface area contributed by atoms with Crippen molar-refractivity contribution in [2.75, 3.05) is 17.7 Å². The number of methoxy groups -OCH3 is 1. The van der Waals surface area contributed by atoms with Gasteiger partial charge in [0.25, 0.3) is 5.91 Å². The molecule has 0 fully saturated rings. The first-order valence-electron chi connectivity index (χ1n) is 8.66. The van der Waals surface area contributed by atoms with Gasteiger partial charge in [-0.3, -0.25) is 9.59 Å². The van der Waals surface area contributed by atoms with Crippen LogP contribution in [0.2, 0.25) is 0 Å². The molecule has 0 saturated carbocycles. The fourth-order valence-electron chi connectivity index (χ4n) is 2.72. The van der Waals surface area contributed by atoms with Crippen LogP contribution in [0.15, 0.2) is 42.5 Å². The molecule has 2 aromatic carbocycles. The molecule has 0 aliphatic heterocycles. The van der Waals surface area contributed by atoms with E-state index in [-0.39, 0.29) is 22.8 Å². The molecule has 0 bridgehead atoms. The van der Waals surface area contributed by atoms with E-state index >= 15 is 0 Å². The Morgan fingerprint density at radius 1 is 1.06 bits per heavy atom. The van der Waals surface area contributed by atoms with Gasteiger partial charge in [-0.25, -0.2) is 9.07 Å². The summed E-state index contributed by atoms with van der Waals surface area (Å²) in [6.07, 6.45) is -4.98. The standard InChI is InChI=1S/C19H15F4N5O3/c1-10(29)24-14-9-12(5-8-15(14)31-2)25-18(30)16-17(19(21,22)23)28(27-26-16)13-6-3-11(20)4-7-13/h3-9H,1-2H3,(H,24,29)(H,25,30). The summed E-state index contributed by atoms with van der Waals surface area (Å²) in [5.74, 6) is -1.96. The lowest BCUT2D eigenvalue weighted by atomic mass is 10.2.